The number of fused-ring (bicyclic) bond motifs is 1. The molecule has 3 aromatic carbocycles. The Balaban J connectivity index is 1.72. The molecule has 0 aliphatic rings. The Bertz CT molecular complexity index is 1230. The van der Waals surface area contributed by atoms with Gasteiger partial charge in [-0.25, -0.2) is 0 Å². The maximum atomic E-state index is 13.0. The average molecular weight is 399 g/mol. The second-order valence-electron chi connectivity index (χ2n) is 7.74. The van der Waals surface area contributed by atoms with E-state index in [2.05, 4.69) is 34.7 Å². The number of carbonyl (C=O) groups is 1. The van der Waals surface area contributed by atoms with Crippen LogP contribution in [-0.2, 0) is 13.6 Å². The molecule has 0 radical (unpaired) electrons. The van der Waals surface area contributed by atoms with Crippen LogP contribution >= 0.6 is 0 Å². The Kier molecular flexibility index (Phi) is 5.38. The molecule has 1 heterocycles. The SMILES string of the molecule is Cc1ccc(CN)cc1C(=O)N[C@H](C)c1cc(-c2cnn(C)c2)cc2ccccc12. The summed E-state index contributed by atoms with van der Waals surface area (Å²) in [6, 6.07) is 18.2. The number of hydrogen-bond donors (Lipinski definition) is 2. The Morgan fingerprint density at radius 3 is 2.67 bits per heavy atom. The van der Waals surface area contributed by atoms with Crippen LogP contribution in [0.3, 0.4) is 0 Å². The first-order valence-electron chi connectivity index (χ1n) is 10.1. The zero-order valence-electron chi connectivity index (χ0n) is 17.5. The fourth-order valence-corrected chi connectivity index (χ4v) is 3.83. The highest BCUT2D eigenvalue weighted by molar-refractivity contribution is 5.97. The zero-order valence-corrected chi connectivity index (χ0v) is 17.5. The van der Waals surface area contributed by atoms with E-state index in [4.69, 9.17) is 5.73 Å². The van der Waals surface area contributed by atoms with E-state index in [1.54, 1.807) is 4.68 Å². The molecule has 0 saturated heterocycles. The molecule has 4 aromatic rings. The van der Waals surface area contributed by atoms with Crippen molar-refractivity contribution in [3.63, 3.8) is 0 Å². The molecular weight excluding hydrogens is 372 g/mol. The Morgan fingerprint density at radius 1 is 1.13 bits per heavy atom. The van der Waals surface area contributed by atoms with Crippen LogP contribution in [0.25, 0.3) is 21.9 Å². The lowest BCUT2D eigenvalue weighted by atomic mass is 9.94. The van der Waals surface area contributed by atoms with Gasteiger partial charge in [-0.15, -0.1) is 0 Å². The molecule has 1 atom stereocenters. The third-order valence-corrected chi connectivity index (χ3v) is 5.53. The van der Waals surface area contributed by atoms with Crippen molar-refractivity contribution in [2.75, 3.05) is 0 Å². The van der Waals surface area contributed by atoms with Crippen LogP contribution in [0.4, 0.5) is 0 Å². The first-order valence-corrected chi connectivity index (χ1v) is 10.1. The summed E-state index contributed by atoms with van der Waals surface area (Å²) >= 11 is 0. The standard InChI is InChI=1S/C25H26N4O/c1-16-8-9-18(13-26)10-23(16)25(30)28-17(2)24-12-20(21-14-27-29(3)15-21)11-19-6-4-5-7-22(19)24/h4-12,14-15,17H,13,26H2,1-3H3,(H,28,30)/t17-/m1/s1. The molecule has 4 rings (SSSR count). The maximum Gasteiger partial charge on any atom is 0.252 e. The molecule has 0 unspecified atom stereocenters. The highest BCUT2D eigenvalue weighted by Gasteiger charge is 2.17. The number of benzene rings is 3. The number of rotatable bonds is 5. The van der Waals surface area contributed by atoms with Crippen LogP contribution in [0.2, 0.25) is 0 Å². The number of amides is 1. The third kappa shape index (κ3) is 3.84. The average Bonchev–Trinajstić information content (AvgIpc) is 3.19. The number of aryl methyl sites for hydroxylation is 2. The number of aromatic nitrogens is 2. The molecule has 152 valence electrons. The highest BCUT2D eigenvalue weighted by Crippen LogP contribution is 2.31. The zero-order chi connectivity index (χ0) is 21.3. The molecule has 1 amide bonds. The molecular formula is C25H26N4O. The van der Waals surface area contributed by atoms with Gasteiger partial charge in [0.05, 0.1) is 12.2 Å². The number of carbonyl (C=O) groups excluding carboxylic acids is 1. The van der Waals surface area contributed by atoms with Crippen molar-refractivity contribution in [1.82, 2.24) is 15.1 Å². The minimum Gasteiger partial charge on any atom is -0.345 e. The summed E-state index contributed by atoms with van der Waals surface area (Å²) in [6.45, 7) is 4.38. The number of nitrogens with zero attached hydrogens (tertiary/aromatic N) is 2. The summed E-state index contributed by atoms with van der Waals surface area (Å²) in [6.07, 6.45) is 3.86. The molecule has 0 spiro atoms. The third-order valence-electron chi connectivity index (χ3n) is 5.53. The largest absolute Gasteiger partial charge is 0.345 e. The van der Waals surface area contributed by atoms with Crippen LogP contribution in [0.1, 0.15) is 40.0 Å². The number of hydrogen-bond acceptors (Lipinski definition) is 3. The van der Waals surface area contributed by atoms with E-state index < -0.39 is 0 Å². The summed E-state index contributed by atoms with van der Waals surface area (Å²) in [5, 5.41) is 9.74. The smallest absolute Gasteiger partial charge is 0.252 e. The topological polar surface area (TPSA) is 72.9 Å². The molecule has 5 heteroatoms. The molecule has 0 fully saturated rings. The lowest BCUT2D eigenvalue weighted by molar-refractivity contribution is 0.0939. The minimum atomic E-state index is -0.167. The molecule has 0 aliphatic carbocycles. The summed E-state index contributed by atoms with van der Waals surface area (Å²) < 4.78 is 1.79. The molecule has 0 aliphatic heterocycles. The van der Waals surface area contributed by atoms with Crippen molar-refractivity contribution in [2.45, 2.75) is 26.4 Å². The monoisotopic (exact) mass is 398 g/mol. The lowest BCUT2D eigenvalue weighted by Gasteiger charge is -2.19. The van der Waals surface area contributed by atoms with E-state index in [0.717, 1.165) is 38.6 Å². The Labute approximate surface area is 176 Å². The van der Waals surface area contributed by atoms with Crippen LogP contribution in [-0.4, -0.2) is 15.7 Å². The quantitative estimate of drug-likeness (QED) is 0.520. The van der Waals surface area contributed by atoms with Crippen molar-refractivity contribution < 1.29 is 4.79 Å². The fraction of sp³-hybridized carbons (Fsp3) is 0.200. The van der Waals surface area contributed by atoms with Crippen molar-refractivity contribution in [2.24, 2.45) is 12.8 Å². The van der Waals surface area contributed by atoms with Gasteiger partial charge in [0, 0.05) is 30.9 Å². The normalized spacial score (nSPS) is 12.1. The first kappa shape index (κ1) is 19.9. The predicted molar refractivity (Wildman–Crippen MR) is 121 cm³/mol. The van der Waals surface area contributed by atoms with E-state index >= 15 is 0 Å². The number of nitrogens with one attached hydrogen (secondary N) is 1. The van der Waals surface area contributed by atoms with Crippen LogP contribution in [0, 0.1) is 6.92 Å². The minimum absolute atomic E-state index is 0.0915. The molecule has 30 heavy (non-hydrogen) atoms. The second-order valence-corrected chi connectivity index (χ2v) is 7.74. The van der Waals surface area contributed by atoms with Crippen molar-refractivity contribution in [3.05, 3.63) is 89.2 Å². The Hall–Kier alpha value is -3.44. The van der Waals surface area contributed by atoms with Gasteiger partial charge in [0.15, 0.2) is 0 Å². The molecule has 1 aromatic heterocycles. The van der Waals surface area contributed by atoms with Crippen LogP contribution in [0.15, 0.2) is 67.0 Å². The van der Waals surface area contributed by atoms with Crippen molar-refractivity contribution in [1.29, 1.82) is 0 Å². The van der Waals surface area contributed by atoms with Crippen LogP contribution < -0.4 is 11.1 Å². The highest BCUT2D eigenvalue weighted by atomic mass is 16.1. The molecule has 5 nitrogen and oxygen atoms in total. The summed E-state index contributed by atoms with van der Waals surface area (Å²) in [5.74, 6) is -0.0915. The van der Waals surface area contributed by atoms with E-state index in [1.165, 1.54) is 0 Å². The maximum absolute atomic E-state index is 13.0. The van der Waals surface area contributed by atoms with Gasteiger partial charge in [-0.3, -0.25) is 9.48 Å². The molecule has 0 saturated carbocycles. The van der Waals surface area contributed by atoms with Crippen molar-refractivity contribution >= 4 is 16.7 Å². The van der Waals surface area contributed by atoms with E-state index in [0.29, 0.717) is 12.1 Å². The van der Waals surface area contributed by atoms with Gasteiger partial charge in [-0.05, 0) is 65.1 Å². The van der Waals surface area contributed by atoms with Crippen LogP contribution in [0.5, 0.6) is 0 Å². The van der Waals surface area contributed by atoms with E-state index in [9.17, 15) is 4.79 Å². The lowest BCUT2D eigenvalue weighted by Crippen LogP contribution is -2.27. The Morgan fingerprint density at radius 2 is 1.93 bits per heavy atom. The van der Waals surface area contributed by atoms with Gasteiger partial charge in [-0.1, -0.05) is 36.4 Å². The molecule has 0 bridgehead atoms. The van der Waals surface area contributed by atoms with Gasteiger partial charge in [0.2, 0.25) is 0 Å². The summed E-state index contributed by atoms with van der Waals surface area (Å²) in [5.41, 5.74) is 11.5. The number of nitrogens with two attached hydrogens (primary N) is 1. The second kappa shape index (κ2) is 8.13. The van der Waals surface area contributed by atoms with Gasteiger partial charge in [0.1, 0.15) is 0 Å². The van der Waals surface area contributed by atoms with E-state index in [-0.39, 0.29) is 11.9 Å². The fourth-order valence-electron chi connectivity index (χ4n) is 3.83. The summed E-state index contributed by atoms with van der Waals surface area (Å²) in [7, 11) is 1.91. The first-order chi connectivity index (χ1) is 14.5. The predicted octanol–water partition coefficient (Wildman–Crippen LogP) is 4.50. The summed E-state index contributed by atoms with van der Waals surface area (Å²) in [4.78, 5) is 13.0. The van der Waals surface area contributed by atoms with E-state index in [1.807, 2.05) is 63.6 Å². The van der Waals surface area contributed by atoms with Gasteiger partial charge in [0.25, 0.3) is 5.91 Å². The van der Waals surface area contributed by atoms with Gasteiger partial charge < -0.3 is 11.1 Å². The van der Waals surface area contributed by atoms with Gasteiger partial charge >= 0.3 is 0 Å². The molecule has 3 N–H and O–H groups in total. The van der Waals surface area contributed by atoms with Crippen molar-refractivity contribution in [3.8, 4) is 11.1 Å². The van der Waals surface area contributed by atoms with Gasteiger partial charge in [-0.2, -0.15) is 5.10 Å².